The molecule has 0 unspecified atom stereocenters. The van der Waals surface area contributed by atoms with Gasteiger partial charge < -0.3 is 9.73 Å². The molecule has 0 saturated carbocycles. The van der Waals surface area contributed by atoms with E-state index in [9.17, 15) is 9.18 Å². The van der Waals surface area contributed by atoms with Crippen LogP contribution < -0.4 is 5.32 Å². The van der Waals surface area contributed by atoms with Crippen molar-refractivity contribution < 1.29 is 13.6 Å². The maximum atomic E-state index is 13.0. The number of carbonyl (C=O) groups is 1. The van der Waals surface area contributed by atoms with Gasteiger partial charge in [-0.05, 0) is 48.5 Å². The van der Waals surface area contributed by atoms with Gasteiger partial charge >= 0.3 is 0 Å². The van der Waals surface area contributed by atoms with Crippen molar-refractivity contribution in [3.63, 3.8) is 0 Å². The van der Waals surface area contributed by atoms with Crippen LogP contribution in [-0.2, 0) is 11.3 Å². The summed E-state index contributed by atoms with van der Waals surface area (Å²) in [6.45, 7) is 0.423. The standard InChI is InChI=1S/C20H16FN5O2S/c21-15-5-7-16(8-6-15)23-18(27)13-29-20-25-24-19(14-3-1-9-22-11-14)26(20)12-17-4-2-10-28-17/h1-11H,12-13H2,(H,23,27). The Labute approximate surface area is 170 Å². The summed E-state index contributed by atoms with van der Waals surface area (Å²) < 4.78 is 20.3. The maximum absolute atomic E-state index is 13.0. The van der Waals surface area contributed by atoms with Crippen LogP contribution in [0.4, 0.5) is 10.1 Å². The predicted octanol–water partition coefficient (Wildman–Crippen LogP) is 3.85. The number of anilines is 1. The Hall–Kier alpha value is -3.46. The van der Waals surface area contributed by atoms with Crippen molar-refractivity contribution in [2.45, 2.75) is 11.7 Å². The molecule has 4 rings (SSSR count). The van der Waals surface area contributed by atoms with Crippen molar-refractivity contribution >= 4 is 23.4 Å². The Morgan fingerprint density at radius 2 is 2.00 bits per heavy atom. The first-order chi connectivity index (χ1) is 14.2. The Bertz CT molecular complexity index is 1080. The number of hydrogen-bond donors (Lipinski definition) is 1. The molecule has 0 atom stereocenters. The molecule has 3 aromatic heterocycles. The van der Waals surface area contributed by atoms with Crippen molar-refractivity contribution in [1.29, 1.82) is 0 Å². The van der Waals surface area contributed by atoms with Crippen LogP contribution in [0.2, 0.25) is 0 Å². The van der Waals surface area contributed by atoms with Crippen LogP contribution in [0, 0.1) is 5.82 Å². The molecule has 1 amide bonds. The highest BCUT2D eigenvalue weighted by atomic mass is 32.2. The SMILES string of the molecule is O=C(CSc1nnc(-c2cccnc2)n1Cc1ccco1)Nc1ccc(F)cc1. The van der Waals surface area contributed by atoms with Gasteiger partial charge in [0.25, 0.3) is 0 Å². The predicted molar refractivity (Wildman–Crippen MR) is 107 cm³/mol. The van der Waals surface area contributed by atoms with Gasteiger partial charge in [0, 0.05) is 23.6 Å². The number of rotatable bonds is 7. The second-order valence-corrected chi connectivity index (χ2v) is 7.00. The minimum atomic E-state index is -0.355. The minimum Gasteiger partial charge on any atom is -0.467 e. The summed E-state index contributed by atoms with van der Waals surface area (Å²) in [5.74, 6) is 0.924. The molecule has 0 bridgehead atoms. The van der Waals surface area contributed by atoms with Gasteiger partial charge in [-0.15, -0.1) is 10.2 Å². The number of amides is 1. The number of hydrogen-bond acceptors (Lipinski definition) is 6. The lowest BCUT2D eigenvalue weighted by Crippen LogP contribution is -2.14. The van der Waals surface area contributed by atoms with Gasteiger partial charge in [-0.2, -0.15) is 0 Å². The van der Waals surface area contributed by atoms with Gasteiger partial charge in [0.1, 0.15) is 11.6 Å². The summed E-state index contributed by atoms with van der Waals surface area (Å²) in [7, 11) is 0. The van der Waals surface area contributed by atoms with Crippen LogP contribution in [0.5, 0.6) is 0 Å². The smallest absolute Gasteiger partial charge is 0.234 e. The largest absolute Gasteiger partial charge is 0.467 e. The Morgan fingerprint density at radius 1 is 1.14 bits per heavy atom. The van der Waals surface area contributed by atoms with E-state index in [2.05, 4.69) is 20.5 Å². The third-order valence-electron chi connectivity index (χ3n) is 3.99. The van der Waals surface area contributed by atoms with Crippen LogP contribution in [0.1, 0.15) is 5.76 Å². The molecule has 0 saturated heterocycles. The first-order valence-electron chi connectivity index (χ1n) is 8.73. The van der Waals surface area contributed by atoms with E-state index in [1.807, 2.05) is 28.8 Å². The molecule has 146 valence electrons. The van der Waals surface area contributed by atoms with Crippen LogP contribution >= 0.6 is 11.8 Å². The molecule has 4 aromatic rings. The maximum Gasteiger partial charge on any atom is 0.234 e. The highest BCUT2D eigenvalue weighted by molar-refractivity contribution is 7.99. The molecule has 3 heterocycles. The Kier molecular flexibility index (Phi) is 5.66. The number of nitrogens with zero attached hydrogens (tertiary/aromatic N) is 4. The van der Waals surface area contributed by atoms with Gasteiger partial charge in [-0.1, -0.05) is 11.8 Å². The van der Waals surface area contributed by atoms with E-state index in [0.29, 0.717) is 23.2 Å². The first kappa shape index (κ1) is 18.9. The zero-order chi connectivity index (χ0) is 20.1. The topological polar surface area (TPSA) is 85.8 Å². The van der Waals surface area contributed by atoms with Crippen molar-refractivity contribution in [3.05, 3.63) is 78.8 Å². The van der Waals surface area contributed by atoms with E-state index in [1.54, 1.807) is 18.7 Å². The average molecular weight is 409 g/mol. The molecule has 0 fully saturated rings. The lowest BCUT2D eigenvalue weighted by molar-refractivity contribution is -0.113. The van der Waals surface area contributed by atoms with Crippen molar-refractivity contribution in [1.82, 2.24) is 19.7 Å². The highest BCUT2D eigenvalue weighted by Crippen LogP contribution is 2.25. The van der Waals surface area contributed by atoms with Gasteiger partial charge in [-0.3, -0.25) is 14.3 Å². The van der Waals surface area contributed by atoms with E-state index >= 15 is 0 Å². The van der Waals surface area contributed by atoms with E-state index in [0.717, 1.165) is 11.3 Å². The normalized spacial score (nSPS) is 10.8. The van der Waals surface area contributed by atoms with Gasteiger partial charge in [0.15, 0.2) is 11.0 Å². The summed E-state index contributed by atoms with van der Waals surface area (Å²) >= 11 is 1.26. The van der Waals surface area contributed by atoms with Crippen LogP contribution in [0.3, 0.4) is 0 Å². The van der Waals surface area contributed by atoms with E-state index in [1.165, 1.54) is 36.0 Å². The number of halogens is 1. The van der Waals surface area contributed by atoms with E-state index in [4.69, 9.17) is 4.42 Å². The van der Waals surface area contributed by atoms with E-state index < -0.39 is 0 Å². The lowest BCUT2D eigenvalue weighted by Gasteiger charge is -2.09. The molecule has 0 radical (unpaired) electrons. The molecule has 0 aliphatic heterocycles. The summed E-state index contributed by atoms with van der Waals surface area (Å²) in [4.78, 5) is 16.4. The van der Waals surface area contributed by atoms with Crippen molar-refractivity contribution in [3.8, 4) is 11.4 Å². The molecule has 9 heteroatoms. The lowest BCUT2D eigenvalue weighted by atomic mass is 10.2. The quantitative estimate of drug-likeness (QED) is 0.467. The molecule has 29 heavy (non-hydrogen) atoms. The Balaban J connectivity index is 1.51. The minimum absolute atomic E-state index is 0.126. The van der Waals surface area contributed by atoms with Crippen LogP contribution in [0.25, 0.3) is 11.4 Å². The second kappa shape index (κ2) is 8.70. The number of nitrogens with one attached hydrogen (secondary N) is 1. The van der Waals surface area contributed by atoms with Gasteiger partial charge in [0.05, 0.1) is 18.6 Å². The first-order valence-corrected chi connectivity index (χ1v) is 9.72. The average Bonchev–Trinajstić information content (AvgIpc) is 3.39. The number of pyridine rings is 1. The molecule has 0 aliphatic rings. The van der Waals surface area contributed by atoms with Crippen molar-refractivity contribution in [2.24, 2.45) is 0 Å². The summed E-state index contributed by atoms with van der Waals surface area (Å²) in [6, 6.07) is 13.0. The van der Waals surface area contributed by atoms with E-state index in [-0.39, 0.29) is 17.5 Å². The second-order valence-electron chi connectivity index (χ2n) is 6.06. The summed E-state index contributed by atoms with van der Waals surface area (Å²) in [6.07, 6.45) is 5.00. The Morgan fingerprint density at radius 3 is 2.72 bits per heavy atom. The number of thioether (sulfide) groups is 1. The number of carbonyl (C=O) groups excluding carboxylic acids is 1. The number of aromatic nitrogens is 4. The fourth-order valence-corrected chi connectivity index (χ4v) is 3.40. The fourth-order valence-electron chi connectivity index (χ4n) is 2.67. The van der Waals surface area contributed by atoms with Crippen LogP contribution in [0.15, 0.2) is 76.8 Å². The molecule has 7 nitrogen and oxygen atoms in total. The third kappa shape index (κ3) is 4.69. The zero-order valence-electron chi connectivity index (χ0n) is 15.2. The molecule has 0 spiro atoms. The molecular formula is C20H16FN5O2S. The molecular weight excluding hydrogens is 393 g/mol. The zero-order valence-corrected chi connectivity index (χ0v) is 16.0. The third-order valence-corrected chi connectivity index (χ3v) is 4.96. The van der Waals surface area contributed by atoms with Gasteiger partial charge in [0.2, 0.25) is 5.91 Å². The molecule has 1 N–H and O–H groups in total. The number of furan rings is 1. The van der Waals surface area contributed by atoms with Gasteiger partial charge in [-0.25, -0.2) is 4.39 Å². The summed E-state index contributed by atoms with van der Waals surface area (Å²) in [5, 5.41) is 11.8. The molecule has 1 aromatic carbocycles. The number of benzene rings is 1. The fraction of sp³-hybridized carbons (Fsp3) is 0.100. The highest BCUT2D eigenvalue weighted by Gasteiger charge is 2.17. The van der Waals surface area contributed by atoms with Crippen molar-refractivity contribution in [2.75, 3.05) is 11.1 Å². The molecule has 0 aliphatic carbocycles. The summed E-state index contributed by atoms with van der Waals surface area (Å²) in [5.41, 5.74) is 1.35. The van der Waals surface area contributed by atoms with Crippen LogP contribution in [-0.4, -0.2) is 31.4 Å². The monoisotopic (exact) mass is 409 g/mol.